The Morgan fingerprint density at radius 1 is 0.969 bits per heavy atom. The number of fused-ring (bicyclic) bond motifs is 2. The molecule has 32 heavy (non-hydrogen) atoms. The van der Waals surface area contributed by atoms with Gasteiger partial charge in [0.15, 0.2) is 5.69 Å². The van der Waals surface area contributed by atoms with Gasteiger partial charge < -0.3 is 4.57 Å². The first-order chi connectivity index (χ1) is 15.5. The van der Waals surface area contributed by atoms with Crippen LogP contribution < -0.4 is 16.4 Å². The van der Waals surface area contributed by atoms with Crippen LogP contribution in [0.4, 0.5) is 0 Å². The molecule has 0 aliphatic heterocycles. The van der Waals surface area contributed by atoms with Gasteiger partial charge in [-0.2, -0.15) is 5.10 Å². The highest BCUT2D eigenvalue weighted by atomic mass is 16.2. The zero-order valence-corrected chi connectivity index (χ0v) is 18.0. The zero-order chi connectivity index (χ0) is 22.7. The number of nitrogens with zero attached hydrogens (tertiary/aromatic N) is 4. The van der Waals surface area contributed by atoms with Crippen LogP contribution in [0, 0.1) is 0 Å². The second-order valence-electron chi connectivity index (χ2n) is 7.38. The summed E-state index contributed by atoms with van der Waals surface area (Å²) in [5.41, 5.74) is 6.38. The van der Waals surface area contributed by atoms with E-state index >= 15 is 0 Å². The lowest BCUT2D eigenvalue weighted by Gasteiger charge is -2.12. The van der Waals surface area contributed by atoms with Gasteiger partial charge in [-0.05, 0) is 24.6 Å². The molecule has 0 fully saturated rings. The van der Waals surface area contributed by atoms with Gasteiger partial charge in [-0.25, -0.2) is 9.67 Å². The number of aryl methyl sites for hydroxylation is 2. The first-order valence-corrected chi connectivity index (χ1v) is 10.6. The molecule has 2 heterocycles. The smallest absolute Gasteiger partial charge is 0.290 e. The Hall–Kier alpha value is -4.01. The van der Waals surface area contributed by atoms with Crippen LogP contribution in [0.15, 0.2) is 53.3 Å². The number of benzene rings is 2. The van der Waals surface area contributed by atoms with E-state index in [2.05, 4.69) is 20.9 Å². The van der Waals surface area contributed by atoms with E-state index in [1.807, 2.05) is 42.7 Å². The molecule has 164 valence electrons. The number of hydrogen-bond acceptors (Lipinski definition) is 5. The number of carbonyl (C=O) groups excluding carboxylic acids is 2. The number of carbonyl (C=O) groups is 2. The van der Waals surface area contributed by atoms with E-state index in [0.717, 1.165) is 16.9 Å². The zero-order valence-electron chi connectivity index (χ0n) is 18.0. The number of para-hydroxylation sites is 2. The van der Waals surface area contributed by atoms with Crippen molar-refractivity contribution in [2.75, 3.05) is 0 Å². The lowest BCUT2D eigenvalue weighted by molar-refractivity contribution is -0.122. The molecule has 0 aliphatic carbocycles. The Bertz CT molecular complexity index is 1370. The van der Waals surface area contributed by atoms with E-state index in [4.69, 9.17) is 0 Å². The molecule has 4 aromatic rings. The van der Waals surface area contributed by atoms with Crippen LogP contribution in [0.3, 0.4) is 0 Å². The number of amides is 2. The fraction of sp³-hybridized carbons (Fsp3) is 0.261. The lowest BCUT2D eigenvalue weighted by Crippen LogP contribution is -2.44. The molecule has 2 aromatic carbocycles. The lowest BCUT2D eigenvalue weighted by atomic mass is 10.1. The van der Waals surface area contributed by atoms with Gasteiger partial charge in [0, 0.05) is 18.4 Å². The first kappa shape index (κ1) is 21.2. The Morgan fingerprint density at radius 3 is 2.44 bits per heavy atom. The molecular weight excluding hydrogens is 408 g/mol. The number of hydrazine groups is 1. The fourth-order valence-electron chi connectivity index (χ4n) is 3.71. The molecule has 2 aromatic heterocycles. The summed E-state index contributed by atoms with van der Waals surface area (Å²) in [6, 6.07) is 14.4. The number of imidazole rings is 1. The predicted molar refractivity (Wildman–Crippen MR) is 121 cm³/mol. The molecular formula is C23H24N6O3. The third-order valence-electron chi connectivity index (χ3n) is 5.19. The molecule has 9 nitrogen and oxygen atoms in total. The molecule has 0 saturated carbocycles. The van der Waals surface area contributed by atoms with Gasteiger partial charge in [0.2, 0.25) is 0 Å². The number of aromatic nitrogens is 4. The summed E-state index contributed by atoms with van der Waals surface area (Å²) >= 11 is 0. The monoisotopic (exact) mass is 432 g/mol. The van der Waals surface area contributed by atoms with E-state index in [1.165, 1.54) is 4.68 Å². The van der Waals surface area contributed by atoms with E-state index < -0.39 is 11.8 Å². The van der Waals surface area contributed by atoms with Gasteiger partial charge in [0.25, 0.3) is 17.4 Å². The molecule has 0 spiro atoms. The first-order valence-electron chi connectivity index (χ1n) is 10.6. The van der Waals surface area contributed by atoms with Gasteiger partial charge in [-0.1, -0.05) is 44.2 Å². The van der Waals surface area contributed by atoms with E-state index in [1.54, 1.807) is 24.3 Å². The minimum Gasteiger partial charge on any atom is -0.318 e. The van der Waals surface area contributed by atoms with Gasteiger partial charge in [-0.15, -0.1) is 0 Å². The summed E-state index contributed by atoms with van der Waals surface area (Å²) in [5, 5.41) is 5.08. The Morgan fingerprint density at radius 2 is 1.69 bits per heavy atom. The van der Waals surface area contributed by atoms with Crippen molar-refractivity contribution in [2.45, 2.75) is 39.8 Å². The molecule has 0 saturated heterocycles. The Labute approximate surface area is 184 Å². The van der Waals surface area contributed by atoms with E-state index in [9.17, 15) is 14.4 Å². The molecule has 2 amide bonds. The van der Waals surface area contributed by atoms with Crippen LogP contribution in [0.25, 0.3) is 21.8 Å². The molecule has 4 rings (SSSR count). The van der Waals surface area contributed by atoms with Crippen molar-refractivity contribution < 1.29 is 9.59 Å². The maximum absolute atomic E-state index is 12.8. The van der Waals surface area contributed by atoms with Gasteiger partial charge in [0.1, 0.15) is 12.4 Å². The second-order valence-corrected chi connectivity index (χ2v) is 7.38. The summed E-state index contributed by atoms with van der Waals surface area (Å²) < 4.78 is 3.11. The minimum absolute atomic E-state index is 0.00742. The van der Waals surface area contributed by atoms with Crippen LogP contribution in [0.2, 0.25) is 0 Å². The average molecular weight is 432 g/mol. The molecule has 9 heteroatoms. The summed E-state index contributed by atoms with van der Waals surface area (Å²) in [6.45, 7) is 4.30. The summed E-state index contributed by atoms with van der Waals surface area (Å²) in [7, 11) is 0. The van der Waals surface area contributed by atoms with Gasteiger partial charge in [-0.3, -0.25) is 25.2 Å². The van der Waals surface area contributed by atoms with Gasteiger partial charge >= 0.3 is 0 Å². The highest BCUT2D eigenvalue weighted by Gasteiger charge is 2.18. The SMILES string of the molecule is CCCn1nc(C(=O)NNC(=O)Cn2c(CC)nc3ccccc32)c2ccccc2c1=O. The minimum atomic E-state index is -0.592. The second kappa shape index (κ2) is 9.01. The topological polar surface area (TPSA) is 111 Å². The number of nitrogens with one attached hydrogen (secondary N) is 2. The summed E-state index contributed by atoms with van der Waals surface area (Å²) in [6.07, 6.45) is 1.37. The summed E-state index contributed by atoms with van der Waals surface area (Å²) in [4.78, 5) is 42.6. The van der Waals surface area contributed by atoms with Crippen LogP contribution in [0.1, 0.15) is 36.6 Å². The van der Waals surface area contributed by atoms with Crippen LogP contribution in [0.5, 0.6) is 0 Å². The quantitative estimate of drug-likeness (QED) is 0.454. The van der Waals surface area contributed by atoms with Crippen molar-refractivity contribution in [1.82, 2.24) is 30.2 Å². The normalized spacial score (nSPS) is 11.1. The van der Waals surface area contributed by atoms with Gasteiger partial charge in [0.05, 0.1) is 16.4 Å². The number of rotatable bonds is 6. The van der Waals surface area contributed by atoms with Crippen molar-refractivity contribution in [3.63, 3.8) is 0 Å². The van der Waals surface area contributed by atoms with Crippen LogP contribution >= 0.6 is 0 Å². The molecule has 0 unspecified atom stereocenters. The maximum atomic E-state index is 12.8. The van der Waals surface area contributed by atoms with Crippen molar-refractivity contribution in [1.29, 1.82) is 0 Å². The molecule has 0 atom stereocenters. The third-order valence-corrected chi connectivity index (χ3v) is 5.19. The molecule has 0 aliphatic rings. The number of hydrogen-bond donors (Lipinski definition) is 2. The van der Waals surface area contributed by atoms with Crippen molar-refractivity contribution in [3.05, 3.63) is 70.4 Å². The largest absolute Gasteiger partial charge is 0.318 e. The molecule has 2 N–H and O–H groups in total. The Balaban J connectivity index is 1.55. The third kappa shape index (κ3) is 3.96. The van der Waals surface area contributed by atoms with E-state index in [0.29, 0.717) is 30.2 Å². The summed E-state index contributed by atoms with van der Waals surface area (Å²) in [5.74, 6) is -0.208. The van der Waals surface area contributed by atoms with Crippen molar-refractivity contribution in [2.24, 2.45) is 0 Å². The Kier molecular flexibility index (Phi) is 5.98. The molecule has 0 bridgehead atoms. The highest BCUT2D eigenvalue weighted by molar-refractivity contribution is 6.05. The van der Waals surface area contributed by atoms with Crippen molar-refractivity contribution >= 4 is 33.6 Å². The van der Waals surface area contributed by atoms with Crippen LogP contribution in [-0.2, 0) is 24.3 Å². The molecule has 0 radical (unpaired) electrons. The standard InChI is InChI=1S/C23H24N6O3/c1-3-13-29-23(32)16-10-6-5-9-15(16)21(27-29)22(31)26-25-20(30)14-28-18-12-8-7-11-17(18)24-19(28)4-2/h5-12H,3-4,13-14H2,1-2H3,(H,25,30)(H,26,31). The van der Waals surface area contributed by atoms with Crippen LogP contribution in [-0.4, -0.2) is 31.1 Å². The van der Waals surface area contributed by atoms with E-state index in [-0.39, 0.29) is 17.8 Å². The average Bonchev–Trinajstić information content (AvgIpc) is 3.17. The highest BCUT2D eigenvalue weighted by Crippen LogP contribution is 2.16. The fourth-order valence-corrected chi connectivity index (χ4v) is 3.71. The maximum Gasteiger partial charge on any atom is 0.290 e. The predicted octanol–water partition coefficient (Wildman–Crippen LogP) is 2.18. The van der Waals surface area contributed by atoms with Crippen molar-refractivity contribution in [3.8, 4) is 0 Å².